The maximum Gasteiger partial charge on any atom is 0.231 e. The van der Waals surface area contributed by atoms with E-state index in [0.29, 0.717) is 0 Å². The van der Waals surface area contributed by atoms with E-state index < -0.39 is 0 Å². The minimum Gasteiger partial charge on any atom is -0.222 e. The van der Waals surface area contributed by atoms with E-state index in [1.807, 2.05) is 0 Å². The molecule has 0 aliphatic heterocycles. The van der Waals surface area contributed by atoms with E-state index in [4.69, 9.17) is 20.4 Å². The Morgan fingerprint density at radius 2 is 0.727 bits per heavy atom. The molecule has 0 fully saturated rings. The molecule has 4 nitrogen and oxygen atoms in total. The number of hydrogen-bond donors (Lipinski definition) is 2. The summed E-state index contributed by atoms with van der Waals surface area (Å²) < 4.78 is 0. The molecule has 0 saturated heterocycles. The lowest BCUT2D eigenvalue weighted by molar-refractivity contribution is 0.562. The molecule has 0 atom stereocenters. The van der Waals surface area contributed by atoms with Crippen LogP contribution in [0.4, 0.5) is 0 Å². The quantitative estimate of drug-likeness (QED) is 0.558. The molecule has 0 saturated carbocycles. The second kappa shape index (κ2) is 14.6. The Morgan fingerprint density at radius 3 is 0.818 bits per heavy atom. The van der Waals surface area contributed by atoms with Gasteiger partial charge in [-0.2, -0.15) is 0 Å². The molecular formula is C18H22N2O2. The molecule has 0 aliphatic rings. The summed E-state index contributed by atoms with van der Waals surface area (Å²) in [4.78, 5) is 16.7. The number of hydrogen-bond acceptors (Lipinski definition) is 4. The first-order chi connectivity index (χ1) is 10.4. The van der Waals surface area contributed by atoms with Crippen molar-refractivity contribution >= 4 is 12.2 Å². The Balaban J connectivity index is 0. The lowest BCUT2D eigenvalue weighted by Crippen LogP contribution is -1.74. The minimum absolute atomic E-state index is 0.750. The van der Waals surface area contributed by atoms with Gasteiger partial charge >= 0.3 is 0 Å². The lowest BCUT2D eigenvalue weighted by atomic mass is 10.1. The topological polar surface area (TPSA) is 81.8 Å². The van der Waals surface area contributed by atoms with Gasteiger partial charge in [0.25, 0.3) is 0 Å². The van der Waals surface area contributed by atoms with Gasteiger partial charge in [-0.05, 0) is 49.9 Å². The van der Waals surface area contributed by atoms with Crippen molar-refractivity contribution in [3.63, 3.8) is 0 Å². The first kappa shape index (κ1) is 21.5. The van der Waals surface area contributed by atoms with Crippen molar-refractivity contribution in [2.45, 2.75) is 27.7 Å². The Bertz CT molecular complexity index is 512. The van der Waals surface area contributed by atoms with Gasteiger partial charge in [-0.1, -0.05) is 48.5 Å². The Hall–Kier alpha value is -2.80. The zero-order valence-electron chi connectivity index (χ0n) is 13.4. The summed E-state index contributed by atoms with van der Waals surface area (Å²) in [5, 5.41) is 10.8. The molecule has 22 heavy (non-hydrogen) atoms. The fraction of sp³-hybridized carbons (Fsp3) is 0.222. The van der Waals surface area contributed by atoms with Crippen LogP contribution < -0.4 is 0 Å². The molecule has 0 aliphatic carbocycles. The molecule has 4 heteroatoms. The van der Waals surface area contributed by atoms with E-state index in [1.54, 1.807) is 0 Å². The summed E-state index contributed by atoms with van der Waals surface area (Å²) in [6.45, 7) is 8.48. The molecule has 0 aromatic heterocycles. The standard InChI is InChI=1S/2C8H10.2CHNO/c2*1-7-5-3-4-6-8(7)2;2*2-1-3/h2*3-6H,1-2H3;2*2H. The van der Waals surface area contributed by atoms with Crippen LogP contribution >= 0.6 is 0 Å². The molecule has 0 radical (unpaired) electrons. The summed E-state index contributed by atoms with van der Waals surface area (Å²) in [6.07, 6.45) is 1.50. The van der Waals surface area contributed by atoms with Crippen molar-refractivity contribution < 1.29 is 9.59 Å². The van der Waals surface area contributed by atoms with Gasteiger partial charge in [-0.3, -0.25) is 0 Å². The number of aryl methyl sites for hydroxylation is 4. The predicted octanol–water partition coefficient (Wildman–Crippen LogP) is 4.41. The van der Waals surface area contributed by atoms with Crippen molar-refractivity contribution in [1.82, 2.24) is 0 Å². The van der Waals surface area contributed by atoms with Gasteiger partial charge in [0.15, 0.2) is 0 Å². The second-order valence-corrected chi connectivity index (χ2v) is 4.37. The van der Waals surface area contributed by atoms with Crippen molar-refractivity contribution in [2.24, 2.45) is 0 Å². The van der Waals surface area contributed by atoms with Crippen LogP contribution in [0.2, 0.25) is 0 Å². The average Bonchev–Trinajstić information content (AvgIpc) is 2.48. The van der Waals surface area contributed by atoms with Crippen LogP contribution in [0, 0.1) is 38.5 Å². The van der Waals surface area contributed by atoms with Crippen LogP contribution in [0.3, 0.4) is 0 Å². The number of nitrogens with one attached hydrogen (secondary N) is 2. The van der Waals surface area contributed by atoms with Gasteiger partial charge in [0.05, 0.1) is 0 Å². The van der Waals surface area contributed by atoms with Gasteiger partial charge in [-0.25, -0.2) is 20.4 Å². The summed E-state index contributed by atoms with van der Waals surface area (Å²) in [6, 6.07) is 16.7. The van der Waals surface area contributed by atoms with Gasteiger partial charge in [0.2, 0.25) is 12.2 Å². The fourth-order valence-corrected chi connectivity index (χ4v) is 1.33. The van der Waals surface area contributed by atoms with Crippen molar-refractivity contribution in [2.75, 3.05) is 0 Å². The van der Waals surface area contributed by atoms with E-state index in [2.05, 4.69) is 76.2 Å². The molecule has 2 aromatic carbocycles. The van der Waals surface area contributed by atoms with Crippen molar-refractivity contribution in [3.8, 4) is 0 Å². The highest BCUT2D eigenvalue weighted by molar-refractivity contribution is 5.26. The Labute approximate surface area is 131 Å². The number of benzene rings is 2. The molecular weight excluding hydrogens is 276 g/mol. The highest BCUT2D eigenvalue weighted by Crippen LogP contribution is 2.03. The monoisotopic (exact) mass is 298 g/mol. The third-order valence-corrected chi connectivity index (χ3v) is 2.85. The van der Waals surface area contributed by atoms with Crippen molar-refractivity contribution in [1.29, 1.82) is 10.8 Å². The third-order valence-electron chi connectivity index (χ3n) is 2.85. The van der Waals surface area contributed by atoms with Crippen LogP contribution in [0.5, 0.6) is 0 Å². The van der Waals surface area contributed by atoms with E-state index >= 15 is 0 Å². The third kappa shape index (κ3) is 12.2. The summed E-state index contributed by atoms with van der Waals surface area (Å²) >= 11 is 0. The molecule has 2 aromatic rings. The zero-order chi connectivity index (χ0) is 17.4. The van der Waals surface area contributed by atoms with E-state index in [1.165, 1.54) is 22.3 Å². The van der Waals surface area contributed by atoms with Crippen LogP contribution in [-0.2, 0) is 9.59 Å². The first-order valence-corrected chi connectivity index (χ1v) is 6.56. The van der Waals surface area contributed by atoms with Crippen LogP contribution in [0.25, 0.3) is 0 Å². The van der Waals surface area contributed by atoms with Crippen LogP contribution in [0.15, 0.2) is 48.5 Å². The second-order valence-electron chi connectivity index (χ2n) is 4.37. The molecule has 2 N–H and O–H groups in total. The van der Waals surface area contributed by atoms with E-state index in [-0.39, 0.29) is 0 Å². The first-order valence-electron chi connectivity index (χ1n) is 6.56. The maximum atomic E-state index is 8.35. The molecule has 0 amide bonds. The van der Waals surface area contributed by atoms with Gasteiger partial charge in [0.1, 0.15) is 0 Å². The zero-order valence-corrected chi connectivity index (χ0v) is 13.4. The predicted molar refractivity (Wildman–Crippen MR) is 88.7 cm³/mol. The average molecular weight is 298 g/mol. The van der Waals surface area contributed by atoms with Crippen molar-refractivity contribution in [3.05, 3.63) is 70.8 Å². The normalized spacial score (nSPS) is 7.45. The van der Waals surface area contributed by atoms with Crippen LogP contribution in [0.1, 0.15) is 22.3 Å². The van der Waals surface area contributed by atoms with Gasteiger partial charge in [0, 0.05) is 0 Å². The lowest BCUT2D eigenvalue weighted by Gasteiger charge is -1.93. The summed E-state index contributed by atoms with van der Waals surface area (Å²) in [7, 11) is 0. The molecule has 116 valence electrons. The highest BCUT2D eigenvalue weighted by atomic mass is 16.1. The number of carbonyl (C=O) groups excluding carboxylic acids is 2. The SMILES string of the molecule is Cc1ccccc1C.Cc1ccccc1C.N=C=O.N=C=O. The molecule has 0 spiro atoms. The Morgan fingerprint density at radius 1 is 0.591 bits per heavy atom. The molecule has 0 heterocycles. The number of rotatable bonds is 0. The fourth-order valence-electron chi connectivity index (χ4n) is 1.33. The van der Waals surface area contributed by atoms with Crippen LogP contribution in [-0.4, -0.2) is 12.2 Å². The Kier molecular flexibility index (Phi) is 14.3. The maximum absolute atomic E-state index is 8.35. The number of isocyanates is 2. The highest BCUT2D eigenvalue weighted by Gasteiger charge is 1.84. The molecule has 2 rings (SSSR count). The van der Waals surface area contributed by atoms with Gasteiger partial charge in [-0.15, -0.1) is 0 Å². The summed E-state index contributed by atoms with van der Waals surface area (Å²) in [5.41, 5.74) is 5.47. The summed E-state index contributed by atoms with van der Waals surface area (Å²) in [5.74, 6) is 0. The molecule has 0 unspecified atom stereocenters. The smallest absolute Gasteiger partial charge is 0.222 e. The van der Waals surface area contributed by atoms with E-state index in [0.717, 1.165) is 12.2 Å². The molecule has 0 bridgehead atoms. The largest absolute Gasteiger partial charge is 0.231 e. The van der Waals surface area contributed by atoms with E-state index in [9.17, 15) is 0 Å². The minimum atomic E-state index is 0.750. The van der Waals surface area contributed by atoms with Gasteiger partial charge < -0.3 is 0 Å².